The van der Waals surface area contributed by atoms with E-state index in [4.69, 9.17) is 4.74 Å². The maximum Gasteiger partial charge on any atom is 0.410 e. The summed E-state index contributed by atoms with van der Waals surface area (Å²) >= 11 is 4.43. The number of likely N-dealkylation sites (tertiary alicyclic amines) is 1. The van der Waals surface area contributed by atoms with Crippen LogP contribution in [0.25, 0.3) is 0 Å². The number of nitro benzene ring substituents is 1. The highest BCUT2D eigenvalue weighted by molar-refractivity contribution is 7.81. The minimum absolute atomic E-state index is 0.0122. The lowest BCUT2D eigenvalue weighted by atomic mass is 10.1. The lowest BCUT2D eigenvalue weighted by molar-refractivity contribution is -0.384. The Balaban J connectivity index is 1.89. The highest BCUT2D eigenvalue weighted by atomic mass is 32.1. The molecule has 136 valence electrons. The van der Waals surface area contributed by atoms with Gasteiger partial charge in [-0.3, -0.25) is 14.9 Å². The quantitative estimate of drug-likeness (QED) is 0.456. The van der Waals surface area contributed by atoms with Crippen molar-refractivity contribution in [3.8, 4) is 0 Å². The van der Waals surface area contributed by atoms with Crippen molar-refractivity contribution < 1.29 is 19.2 Å². The van der Waals surface area contributed by atoms with Gasteiger partial charge in [0.1, 0.15) is 6.61 Å². The summed E-state index contributed by atoms with van der Waals surface area (Å²) in [6.07, 6.45) is 1.15. The first kappa shape index (κ1) is 19.0. The number of nitrogens with one attached hydrogen (secondary N) is 1. The molecule has 0 saturated carbocycles. The number of benzene rings is 1. The number of amides is 2. The van der Waals surface area contributed by atoms with Gasteiger partial charge in [-0.15, -0.1) is 0 Å². The lowest BCUT2D eigenvalue weighted by Crippen LogP contribution is -2.37. The highest BCUT2D eigenvalue weighted by Gasteiger charge is 2.34. The Kier molecular flexibility index (Phi) is 6.63. The second-order valence-electron chi connectivity index (χ2n) is 5.89. The predicted molar refractivity (Wildman–Crippen MR) is 94.5 cm³/mol. The van der Waals surface area contributed by atoms with Crippen LogP contribution in [0.2, 0.25) is 0 Å². The summed E-state index contributed by atoms with van der Waals surface area (Å²) < 4.78 is 5.31. The molecule has 1 N–H and O–H groups in total. The van der Waals surface area contributed by atoms with Gasteiger partial charge in [-0.25, -0.2) is 4.79 Å². The van der Waals surface area contributed by atoms with Gasteiger partial charge in [0.25, 0.3) is 5.69 Å². The van der Waals surface area contributed by atoms with Crippen molar-refractivity contribution in [2.45, 2.75) is 37.2 Å². The standard InChI is InChI=1S/C16H21N3O5S/c1-17-15(20)7-6-13-8-14(25)9-18(13)16(21)24-10-11-2-4-12(5-3-11)19(22)23/h2-5,13-14,25H,6-10H2,1H3,(H,17,20)/t13-,14+/m1/s1. The summed E-state index contributed by atoms with van der Waals surface area (Å²) in [4.78, 5) is 35.5. The van der Waals surface area contributed by atoms with Gasteiger partial charge in [-0.1, -0.05) is 0 Å². The third-order valence-corrected chi connectivity index (χ3v) is 4.49. The van der Waals surface area contributed by atoms with Crippen LogP contribution < -0.4 is 5.32 Å². The Labute approximate surface area is 151 Å². The molecule has 1 fully saturated rings. The van der Waals surface area contributed by atoms with E-state index >= 15 is 0 Å². The molecule has 0 aromatic heterocycles. The minimum Gasteiger partial charge on any atom is -0.445 e. The second-order valence-corrected chi connectivity index (χ2v) is 6.62. The Morgan fingerprint density at radius 1 is 1.40 bits per heavy atom. The second kappa shape index (κ2) is 8.70. The summed E-state index contributed by atoms with van der Waals surface area (Å²) in [5.41, 5.74) is 0.657. The molecular formula is C16H21N3O5S. The molecule has 1 heterocycles. The van der Waals surface area contributed by atoms with Crippen LogP contribution in [0.1, 0.15) is 24.8 Å². The smallest absolute Gasteiger partial charge is 0.410 e. The van der Waals surface area contributed by atoms with Crippen molar-refractivity contribution in [1.29, 1.82) is 0 Å². The first-order valence-electron chi connectivity index (χ1n) is 7.96. The fourth-order valence-corrected chi connectivity index (χ4v) is 3.17. The molecule has 2 rings (SSSR count). The van der Waals surface area contributed by atoms with E-state index in [0.717, 1.165) is 0 Å². The number of carbonyl (C=O) groups is 2. The SMILES string of the molecule is CNC(=O)CC[C@@H]1C[C@H](S)CN1C(=O)OCc1ccc([N+](=O)[O-])cc1. The van der Waals surface area contributed by atoms with E-state index < -0.39 is 11.0 Å². The van der Waals surface area contributed by atoms with Crippen LogP contribution in [-0.2, 0) is 16.1 Å². The molecule has 9 heteroatoms. The van der Waals surface area contributed by atoms with Crippen molar-refractivity contribution in [2.75, 3.05) is 13.6 Å². The normalized spacial score (nSPS) is 19.5. The van der Waals surface area contributed by atoms with E-state index in [1.807, 2.05) is 0 Å². The molecule has 1 aliphatic heterocycles. The molecule has 1 aromatic carbocycles. The molecule has 0 aliphatic carbocycles. The third-order valence-electron chi connectivity index (χ3n) is 4.12. The number of nitro groups is 1. The zero-order valence-corrected chi connectivity index (χ0v) is 14.8. The van der Waals surface area contributed by atoms with Crippen molar-refractivity contribution in [3.63, 3.8) is 0 Å². The fourth-order valence-electron chi connectivity index (χ4n) is 2.75. The molecule has 2 amide bonds. The molecule has 1 saturated heterocycles. The van der Waals surface area contributed by atoms with Crippen molar-refractivity contribution in [2.24, 2.45) is 0 Å². The van der Waals surface area contributed by atoms with Gasteiger partial charge in [0, 0.05) is 43.4 Å². The van der Waals surface area contributed by atoms with Gasteiger partial charge in [0.15, 0.2) is 0 Å². The van der Waals surface area contributed by atoms with Crippen LogP contribution in [0.4, 0.5) is 10.5 Å². The topological polar surface area (TPSA) is 102 Å². The lowest BCUT2D eigenvalue weighted by Gasteiger charge is -2.23. The van der Waals surface area contributed by atoms with E-state index in [2.05, 4.69) is 17.9 Å². The number of carbonyl (C=O) groups excluding carboxylic acids is 2. The number of hydrogen-bond donors (Lipinski definition) is 2. The van der Waals surface area contributed by atoms with Crippen LogP contribution in [0.3, 0.4) is 0 Å². The summed E-state index contributed by atoms with van der Waals surface area (Å²) in [7, 11) is 1.58. The number of thiol groups is 1. The van der Waals surface area contributed by atoms with Crippen molar-refractivity contribution in [3.05, 3.63) is 39.9 Å². The maximum absolute atomic E-state index is 12.3. The van der Waals surface area contributed by atoms with E-state index in [1.165, 1.54) is 12.1 Å². The molecule has 0 unspecified atom stereocenters. The molecular weight excluding hydrogens is 346 g/mol. The van der Waals surface area contributed by atoms with Gasteiger partial charge < -0.3 is 15.0 Å². The van der Waals surface area contributed by atoms with Gasteiger partial charge in [0.05, 0.1) is 4.92 Å². The van der Waals surface area contributed by atoms with E-state index in [-0.39, 0.29) is 29.5 Å². The molecule has 0 bridgehead atoms. The largest absolute Gasteiger partial charge is 0.445 e. The molecule has 25 heavy (non-hydrogen) atoms. The van der Waals surface area contributed by atoms with E-state index in [1.54, 1.807) is 24.1 Å². The number of hydrogen-bond acceptors (Lipinski definition) is 6. The first-order chi connectivity index (χ1) is 11.9. The summed E-state index contributed by atoms with van der Waals surface area (Å²) in [6, 6.07) is 5.77. The number of nitrogens with zero attached hydrogens (tertiary/aromatic N) is 2. The number of rotatable bonds is 6. The van der Waals surface area contributed by atoms with Gasteiger partial charge in [-0.05, 0) is 30.5 Å². The summed E-state index contributed by atoms with van der Waals surface area (Å²) in [5.74, 6) is -0.0678. The molecule has 1 aromatic rings. The van der Waals surface area contributed by atoms with Crippen LogP contribution >= 0.6 is 12.6 Å². The molecule has 1 aliphatic rings. The Bertz CT molecular complexity index is 637. The van der Waals surface area contributed by atoms with Crippen LogP contribution in [0.5, 0.6) is 0 Å². The third kappa shape index (κ3) is 5.35. The maximum atomic E-state index is 12.3. The molecule has 8 nitrogen and oxygen atoms in total. The van der Waals surface area contributed by atoms with E-state index in [0.29, 0.717) is 31.4 Å². The molecule has 0 spiro atoms. The average Bonchev–Trinajstić information content (AvgIpc) is 2.98. The molecule has 2 atom stereocenters. The van der Waals surface area contributed by atoms with Gasteiger partial charge in [0.2, 0.25) is 5.91 Å². The van der Waals surface area contributed by atoms with Crippen LogP contribution in [-0.4, -0.2) is 46.7 Å². The first-order valence-corrected chi connectivity index (χ1v) is 8.47. The van der Waals surface area contributed by atoms with Crippen molar-refractivity contribution >= 4 is 30.3 Å². The Hall–Kier alpha value is -2.29. The van der Waals surface area contributed by atoms with Gasteiger partial charge in [-0.2, -0.15) is 12.6 Å². The summed E-state index contributed by atoms with van der Waals surface area (Å²) in [5, 5.41) is 13.2. The minimum atomic E-state index is -0.482. The zero-order chi connectivity index (χ0) is 18.4. The Morgan fingerprint density at radius 3 is 2.68 bits per heavy atom. The predicted octanol–water partition coefficient (Wildman–Crippen LogP) is 2.13. The van der Waals surface area contributed by atoms with Crippen LogP contribution in [0.15, 0.2) is 24.3 Å². The zero-order valence-electron chi connectivity index (χ0n) is 13.9. The monoisotopic (exact) mass is 367 g/mol. The number of ether oxygens (including phenoxy) is 1. The Morgan fingerprint density at radius 2 is 2.08 bits per heavy atom. The molecule has 0 radical (unpaired) electrons. The van der Waals surface area contributed by atoms with Gasteiger partial charge >= 0.3 is 6.09 Å². The summed E-state index contributed by atoms with van der Waals surface area (Å²) in [6.45, 7) is 0.507. The average molecular weight is 367 g/mol. The van der Waals surface area contributed by atoms with Crippen molar-refractivity contribution in [1.82, 2.24) is 10.2 Å². The van der Waals surface area contributed by atoms with E-state index in [9.17, 15) is 19.7 Å². The number of non-ortho nitro benzene ring substituents is 1. The fraction of sp³-hybridized carbons (Fsp3) is 0.500. The highest BCUT2D eigenvalue weighted by Crippen LogP contribution is 2.26. The van der Waals surface area contributed by atoms with Crippen LogP contribution in [0, 0.1) is 10.1 Å².